The van der Waals surface area contributed by atoms with Crippen molar-refractivity contribution in [1.82, 2.24) is 0 Å². The van der Waals surface area contributed by atoms with E-state index in [0.29, 0.717) is 18.3 Å². The SMILES string of the molecule is CCCCC(CC)COC(=O)CCC(=O)Oc1cccc(C)c1C. The number of benzene rings is 1. The molecule has 1 aromatic carbocycles. The zero-order chi connectivity index (χ0) is 17.9. The lowest BCUT2D eigenvalue weighted by molar-refractivity contribution is -0.148. The molecule has 4 nitrogen and oxygen atoms in total. The minimum absolute atomic E-state index is 0.0396. The summed E-state index contributed by atoms with van der Waals surface area (Å²) in [6.07, 6.45) is 4.48. The van der Waals surface area contributed by atoms with Crippen molar-refractivity contribution in [3.8, 4) is 5.75 Å². The Balaban J connectivity index is 2.33. The van der Waals surface area contributed by atoms with Crippen LogP contribution in [0.1, 0.15) is 63.5 Å². The third-order valence-corrected chi connectivity index (χ3v) is 4.34. The smallest absolute Gasteiger partial charge is 0.311 e. The fourth-order valence-corrected chi connectivity index (χ4v) is 2.39. The van der Waals surface area contributed by atoms with Crippen LogP contribution in [0.5, 0.6) is 5.75 Å². The molecule has 0 aromatic heterocycles. The zero-order valence-corrected chi connectivity index (χ0v) is 15.4. The second kappa shape index (κ2) is 10.8. The fourth-order valence-electron chi connectivity index (χ4n) is 2.39. The van der Waals surface area contributed by atoms with Gasteiger partial charge in [-0.05, 0) is 43.4 Å². The molecule has 0 bridgehead atoms. The summed E-state index contributed by atoms with van der Waals surface area (Å²) in [7, 11) is 0. The molecule has 1 aromatic rings. The molecule has 0 heterocycles. The summed E-state index contributed by atoms with van der Waals surface area (Å²) in [4.78, 5) is 23.7. The number of unbranched alkanes of at least 4 members (excludes halogenated alkanes) is 1. The quantitative estimate of drug-likeness (QED) is 0.458. The van der Waals surface area contributed by atoms with Crippen LogP contribution in [0.15, 0.2) is 18.2 Å². The summed E-state index contributed by atoms with van der Waals surface area (Å²) in [6.45, 7) is 8.58. The standard InChI is InChI=1S/C20H30O4/c1-5-7-10-17(6-2)14-23-19(21)12-13-20(22)24-18-11-8-9-15(3)16(18)4/h8-9,11,17H,5-7,10,12-14H2,1-4H3. The molecule has 0 radical (unpaired) electrons. The van der Waals surface area contributed by atoms with E-state index in [2.05, 4.69) is 13.8 Å². The normalized spacial score (nSPS) is 11.8. The summed E-state index contributed by atoms with van der Waals surface area (Å²) in [5, 5.41) is 0. The number of carbonyl (C=O) groups is 2. The Morgan fingerprint density at radius 2 is 1.79 bits per heavy atom. The minimum atomic E-state index is -0.404. The molecule has 134 valence electrons. The van der Waals surface area contributed by atoms with Gasteiger partial charge in [0, 0.05) is 0 Å². The second-order valence-electron chi connectivity index (χ2n) is 6.27. The van der Waals surface area contributed by atoms with Crippen molar-refractivity contribution in [2.45, 2.75) is 66.2 Å². The molecule has 0 saturated heterocycles. The van der Waals surface area contributed by atoms with Crippen LogP contribution in [0.3, 0.4) is 0 Å². The number of rotatable bonds is 10. The van der Waals surface area contributed by atoms with E-state index in [4.69, 9.17) is 9.47 Å². The van der Waals surface area contributed by atoms with Gasteiger partial charge in [0.25, 0.3) is 0 Å². The van der Waals surface area contributed by atoms with Crippen molar-refractivity contribution in [3.05, 3.63) is 29.3 Å². The largest absolute Gasteiger partial charge is 0.465 e. The van der Waals surface area contributed by atoms with E-state index in [-0.39, 0.29) is 18.8 Å². The molecule has 1 rings (SSSR count). The van der Waals surface area contributed by atoms with Gasteiger partial charge in [0.2, 0.25) is 0 Å². The van der Waals surface area contributed by atoms with Gasteiger partial charge in [-0.25, -0.2) is 0 Å². The van der Waals surface area contributed by atoms with Crippen molar-refractivity contribution in [2.24, 2.45) is 5.92 Å². The van der Waals surface area contributed by atoms with Crippen molar-refractivity contribution in [2.75, 3.05) is 6.61 Å². The van der Waals surface area contributed by atoms with Crippen LogP contribution < -0.4 is 4.74 Å². The molecule has 0 fully saturated rings. The van der Waals surface area contributed by atoms with Crippen LogP contribution >= 0.6 is 0 Å². The van der Waals surface area contributed by atoms with Gasteiger partial charge in [-0.3, -0.25) is 9.59 Å². The zero-order valence-electron chi connectivity index (χ0n) is 15.4. The van der Waals surface area contributed by atoms with E-state index >= 15 is 0 Å². The summed E-state index contributed by atoms with van der Waals surface area (Å²) in [5.41, 5.74) is 2.01. The predicted molar refractivity (Wildman–Crippen MR) is 95.1 cm³/mol. The monoisotopic (exact) mass is 334 g/mol. The average Bonchev–Trinajstić information content (AvgIpc) is 2.57. The van der Waals surface area contributed by atoms with Gasteiger partial charge in [-0.15, -0.1) is 0 Å². The molecule has 24 heavy (non-hydrogen) atoms. The maximum atomic E-state index is 11.9. The van der Waals surface area contributed by atoms with Crippen LogP contribution in [0.4, 0.5) is 0 Å². The van der Waals surface area contributed by atoms with Crippen LogP contribution in [0.25, 0.3) is 0 Å². The molecule has 0 saturated carbocycles. The summed E-state index contributed by atoms with van der Waals surface area (Å²) in [6, 6.07) is 5.57. The van der Waals surface area contributed by atoms with E-state index < -0.39 is 5.97 Å². The Bertz CT molecular complexity index is 536. The maximum absolute atomic E-state index is 11.9. The lowest BCUT2D eigenvalue weighted by atomic mass is 10.0. The Labute approximate surface area is 145 Å². The summed E-state index contributed by atoms with van der Waals surface area (Å²) in [5.74, 6) is 0.233. The molecule has 1 atom stereocenters. The third kappa shape index (κ3) is 7.16. The number of esters is 2. The highest BCUT2D eigenvalue weighted by atomic mass is 16.5. The molecule has 4 heteroatoms. The summed E-state index contributed by atoms with van der Waals surface area (Å²) < 4.78 is 10.6. The van der Waals surface area contributed by atoms with Crippen LogP contribution in [0, 0.1) is 19.8 Å². The Kier molecular flexibility index (Phi) is 9.13. The number of carbonyl (C=O) groups excluding carboxylic acids is 2. The molecule has 0 aliphatic heterocycles. The highest BCUT2D eigenvalue weighted by Crippen LogP contribution is 2.21. The number of ether oxygens (including phenoxy) is 2. The van der Waals surface area contributed by atoms with Crippen molar-refractivity contribution in [1.29, 1.82) is 0 Å². The van der Waals surface area contributed by atoms with Gasteiger partial charge in [0.15, 0.2) is 0 Å². The van der Waals surface area contributed by atoms with Gasteiger partial charge >= 0.3 is 11.9 Å². The van der Waals surface area contributed by atoms with Crippen LogP contribution in [-0.4, -0.2) is 18.5 Å². The molecule has 0 N–H and O–H groups in total. The first kappa shape index (κ1) is 20.2. The van der Waals surface area contributed by atoms with Gasteiger partial charge in [-0.1, -0.05) is 45.2 Å². The lowest BCUT2D eigenvalue weighted by Crippen LogP contribution is -2.16. The highest BCUT2D eigenvalue weighted by molar-refractivity contribution is 5.79. The fraction of sp³-hybridized carbons (Fsp3) is 0.600. The molecule has 0 amide bonds. The van der Waals surface area contributed by atoms with Crippen molar-refractivity contribution < 1.29 is 19.1 Å². The first-order valence-corrected chi connectivity index (χ1v) is 8.90. The van der Waals surface area contributed by atoms with Gasteiger partial charge in [-0.2, -0.15) is 0 Å². The third-order valence-electron chi connectivity index (χ3n) is 4.34. The Morgan fingerprint density at radius 3 is 2.46 bits per heavy atom. The first-order chi connectivity index (χ1) is 11.5. The van der Waals surface area contributed by atoms with Gasteiger partial charge < -0.3 is 9.47 Å². The second-order valence-corrected chi connectivity index (χ2v) is 6.27. The van der Waals surface area contributed by atoms with E-state index in [1.807, 2.05) is 26.0 Å². The molecule has 0 spiro atoms. The average molecular weight is 334 g/mol. The molecular formula is C20H30O4. The van der Waals surface area contributed by atoms with E-state index in [1.54, 1.807) is 6.07 Å². The van der Waals surface area contributed by atoms with Crippen molar-refractivity contribution in [3.63, 3.8) is 0 Å². The van der Waals surface area contributed by atoms with Crippen molar-refractivity contribution >= 4 is 11.9 Å². The predicted octanol–water partition coefficient (Wildman–Crippen LogP) is 4.75. The maximum Gasteiger partial charge on any atom is 0.311 e. The number of hydrogen-bond acceptors (Lipinski definition) is 4. The molecule has 1 unspecified atom stereocenters. The van der Waals surface area contributed by atoms with Gasteiger partial charge in [0.05, 0.1) is 19.4 Å². The molecule has 0 aliphatic rings. The Hall–Kier alpha value is -1.84. The highest BCUT2D eigenvalue weighted by Gasteiger charge is 2.14. The molecular weight excluding hydrogens is 304 g/mol. The minimum Gasteiger partial charge on any atom is -0.465 e. The summed E-state index contributed by atoms with van der Waals surface area (Å²) >= 11 is 0. The van der Waals surface area contributed by atoms with E-state index in [0.717, 1.165) is 36.8 Å². The first-order valence-electron chi connectivity index (χ1n) is 8.90. The van der Waals surface area contributed by atoms with Crippen LogP contribution in [-0.2, 0) is 14.3 Å². The van der Waals surface area contributed by atoms with Gasteiger partial charge in [0.1, 0.15) is 5.75 Å². The van der Waals surface area contributed by atoms with E-state index in [1.165, 1.54) is 0 Å². The lowest BCUT2D eigenvalue weighted by Gasteiger charge is -2.14. The number of aryl methyl sites for hydroxylation is 1. The number of hydrogen-bond donors (Lipinski definition) is 0. The topological polar surface area (TPSA) is 52.6 Å². The van der Waals surface area contributed by atoms with E-state index in [9.17, 15) is 9.59 Å². The Morgan fingerprint density at radius 1 is 1.08 bits per heavy atom. The van der Waals surface area contributed by atoms with Crippen LogP contribution in [0.2, 0.25) is 0 Å². The molecule has 0 aliphatic carbocycles.